The van der Waals surface area contributed by atoms with Crippen molar-refractivity contribution in [3.05, 3.63) is 67.4 Å². The predicted octanol–water partition coefficient (Wildman–Crippen LogP) is 0.713. The Morgan fingerprint density at radius 2 is 2.03 bits per heavy atom. The van der Waals surface area contributed by atoms with Gasteiger partial charge in [-0.1, -0.05) is 15.9 Å². The molecule has 0 saturated carbocycles. The van der Waals surface area contributed by atoms with Crippen molar-refractivity contribution in [3.8, 4) is 5.75 Å². The molecule has 29 heavy (non-hydrogen) atoms. The van der Waals surface area contributed by atoms with Crippen LogP contribution in [0.15, 0.2) is 45.0 Å². The van der Waals surface area contributed by atoms with Crippen LogP contribution in [0.1, 0.15) is 28.6 Å². The highest BCUT2D eigenvalue weighted by Gasteiger charge is 2.36. The van der Waals surface area contributed by atoms with Gasteiger partial charge in [0.15, 0.2) is 0 Å². The van der Waals surface area contributed by atoms with Gasteiger partial charge >= 0.3 is 5.69 Å². The van der Waals surface area contributed by atoms with Crippen molar-refractivity contribution in [1.82, 2.24) is 9.13 Å². The molecule has 0 bridgehead atoms. The van der Waals surface area contributed by atoms with E-state index >= 15 is 0 Å². The molecule has 10 heteroatoms. The van der Waals surface area contributed by atoms with Crippen molar-refractivity contribution in [1.29, 1.82) is 0 Å². The zero-order valence-corrected chi connectivity index (χ0v) is 17.0. The molecular formula is C19H19BrN2O7. The zero-order valence-electron chi connectivity index (χ0n) is 15.4. The lowest BCUT2D eigenvalue weighted by atomic mass is 10.2. The average Bonchev–Trinajstić information content (AvgIpc) is 3.10. The van der Waals surface area contributed by atoms with E-state index in [0.717, 1.165) is 4.57 Å². The summed E-state index contributed by atoms with van der Waals surface area (Å²) >= 11 is 3.08. The second-order valence-corrected chi connectivity index (χ2v) is 6.88. The van der Waals surface area contributed by atoms with Crippen LogP contribution in [0, 0.1) is 0 Å². The Balaban J connectivity index is 2.13. The number of aromatic nitrogens is 2. The number of rotatable bonds is 5. The summed E-state index contributed by atoms with van der Waals surface area (Å²) in [6, 6.07) is 5.98. The maximum Gasteiger partial charge on any atom is 0.340 e. The first-order chi connectivity index (χ1) is 13.9. The van der Waals surface area contributed by atoms with Gasteiger partial charge < -0.3 is 19.7 Å². The highest BCUT2D eigenvalue weighted by molar-refractivity contribution is 9.11. The second-order valence-electron chi connectivity index (χ2n) is 6.36. The van der Waals surface area contributed by atoms with Gasteiger partial charge in [-0.15, -0.1) is 0 Å². The molecule has 1 fully saturated rings. The molecule has 0 spiro atoms. The standard InChI is InChI=1S/C19H19BrN2O7/c1-28-13-4-2-11(3-5-13)17(25)22-18(26)12(6-7-20)9-21(19(22)27)16-8-14(24)15(10-23)29-16/h2-7,9,14-16,23-24H,8,10H2,1H3/b7-6+/t14-,15+,16+/m0/s1. The molecule has 2 N–H and O–H groups in total. The molecule has 1 aromatic heterocycles. The molecule has 1 aromatic carbocycles. The fraction of sp³-hybridized carbons (Fsp3) is 0.316. The SMILES string of the molecule is COc1ccc(C(=O)n2c(=O)c(/C=C/Br)cn([C@H]3C[C@H](O)[C@@H](CO)O3)c2=O)cc1. The van der Waals surface area contributed by atoms with Crippen LogP contribution in [0.3, 0.4) is 0 Å². The van der Waals surface area contributed by atoms with Gasteiger partial charge in [-0.25, -0.2) is 4.79 Å². The molecule has 0 amide bonds. The highest BCUT2D eigenvalue weighted by atomic mass is 79.9. The van der Waals surface area contributed by atoms with Gasteiger partial charge in [0.2, 0.25) is 0 Å². The molecule has 154 valence electrons. The number of carbonyl (C=O) groups excluding carboxylic acids is 1. The Labute approximate surface area is 173 Å². The maximum atomic E-state index is 13.0. The van der Waals surface area contributed by atoms with Crippen molar-refractivity contribution in [2.75, 3.05) is 13.7 Å². The first-order valence-corrected chi connectivity index (χ1v) is 9.61. The summed E-state index contributed by atoms with van der Waals surface area (Å²) in [4.78, 5) is 40.1. The van der Waals surface area contributed by atoms with Crippen LogP contribution in [-0.4, -0.2) is 51.2 Å². The Hall–Kier alpha value is -2.53. The van der Waals surface area contributed by atoms with E-state index in [9.17, 15) is 24.6 Å². The van der Waals surface area contributed by atoms with E-state index < -0.39 is 42.2 Å². The quantitative estimate of drug-likeness (QED) is 0.665. The number of ether oxygens (including phenoxy) is 2. The van der Waals surface area contributed by atoms with E-state index in [0.29, 0.717) is 10.3 Å². The number of halogens is 1. The third-order valence-corrected chi connectivity index (χ3v) is 4.88. The molecule has 1 aliphatic rings. The van der Waals surface area contributed by atoms with Gasteiger partial charge in [0.05, 0.1) is 25.4 Å². The van der Waals surface area contributed by atoms with Crippen LogP contribution in [0.25, 0.3) is 6.08 Å². The highest BCUT2D eigenvalue weighted by Crippen LogP contribution is 2.27. The van der Waals surface area contributed by atoms with Crippen molar-refractivity contribution in [3.63, 3.8) is 0 Å². The zero-order chi connectivity index (χ0) is 21.1. The first-order valence-electron chi connectivity index (χ1n) is 8.69. The summed E-state index contributed by atoms with van der Waals surface area (Å²) in [5.74, 6) is -0.288. The molecule has 3 atom stereocenters. The van der Waals surface area contributed by atoms with Crippen LogP contribution in [0.4, 0.5) is 0 Å². The molecule has 2 aromatic rings. The van der Waals surface area contributed by atoms with Gasteiger partial charge in [0.1, 0.15) is 18.1 Å². The second kappa shape index (κ2) is 8.87. The smallest absolute Gasteiger partial charge is 0.340 e. The average molecular weight is 467 g/mol. The van der Waals surface area contributed by atoms with E-state index in [4.69, 9.17) is 9.47 Å². The molecule has 0 radical (unpaired) electrons. The van der Waals surface area contributed by atoms with E-state index in [2.05, 4.69) is 15.9 Å². The summed E-state index contributed by atoms with van der Waals surface area (Å²) in [7, 11) is 1.48. The monoisotopic (exact) mass is 466 g/mol. The summed E-state index contributed by atoms with van der Waals surface area (Å²) in [5, 5.41) is 19.3. The van der Waals surface area contributed by atoms with Crippen molar-refractivity contribution in [2.24, 2.45) is 0 Å². The fourth-order valence-corrected chi connectivity index (χ4v) is 3.36. The Morgan fingerprint density at radius 1 is 1.34 bits per heavy atom. The fourth-order valence-electron chi connectivity index (χ4n) is 3.07. The van der Waals surface area contributed by atoms with Crippen LogP contribution in [0.5, 0.6) is 5.75 Å². The van der Waals surface area contributed by atoms with Gasteiger partial charge in [-0.05, 0) is 35.3 Å². The number of methoxy groups -OCH3 is 1. The van der Waals surface area contributed by atoms with Crippen LogP contribution >= 0.6 is 15.9 Å². The molecule has 1 saturated heterocycles. The molecule has 3 rings (SSSR count). The van der Waals surface area contributed by atoms with E-state index in [1.165, 1.54) is 36.5 Å². The topological polar surface area (TPSA) is 120 Å². The molecular weight excluding hydrogens is 448 g/mol. The number of carbonyl (C=O) groups is 1. The molecule has 0 unspecified atom stereocenters. The van der Waals surface area contributed by atoms with Crippen LogP contribution < -0.4 is 16.0 Å². The van der Waals surface area contributed by atoms with Gasteiger partial charge in [0.25, 0.3) is 11.5 Å². The number of benzene rings is 1. The third-order valence-electron chi connectivity index (χ3n) is 4.62. The summed E-state index contributed by atoms with van der Waals surface area (Å²) < 4.78 is 12.2. The lowest BCUT2D eigenvalue weighted by Crippen LogP contribution is -2.45. The maximum absolute atomic E-state index is 13.0. The van der Waals surface area contributed by atoms with Crippen molar-refractivity contribution >= 4 is 27.9 Å². The number of hydrogen-bond acceptors (Lipinski definition) is 7. The Morgan fingerprint density at radius 3 is 2.59 bits per heavy atom. The summed E-state index contributed by atoms with van der Waals surface area (Å²) in [6.07, 6.45) is -0.100. The lowest BCUT2D eigenvalue weighted by molar-refractivity contribution is -0.0462. The normalized spacial score (nSPS) is 21.6. The van der Waals surface area contributed by atoms with Gasteiger partial charge in [0, 0.05) is 18.2 Å². The molecule has 9 nitrogen and oxygen atoms in total. The van der Waals surface area contributed by atoms with E-state index in [1.54, 1.807) is 12.1 Å². The Kier molecular flexibility index (Phi) is 6.48. The first kappa shape index (κ1) is 21.2. The summed E-state index contributed by atoms with van der Waals surface area (Å²) in [5.41, 5.74) is -1.51. The predicted molar refractivity (Wildman–Crippen MR) is 107 cm³/mol. The molecule has 1 aliphatic heterocycles. The van der Waals surface area contributed by atoms with Gasteiger partial charge in [-0.2, -0.15) is 4.57 Å². The number of hydrogen-bond donors (Lipinski definition) is 2. The molecule has 2 heterocycles. The summed E-state index contributed by atoms with van der Waals surface area (Å²) in [6.45, 7) is -0.426. The number of aliphatic hydroxyl groups excluding tert-OH is 2. The molecule has 0 aliphatic carbocycles. The minimum absolute atomic E-state index is 0.0253. The minimum Gasteiger partial charge on any atom is -0.497 e. The van der Waals surface area contributed by atoms with E-state index in [-0.39, 0.29) is 17.5 Å². The lowest BCUT2D eigenvalue weighted by Gasteiger charge is -2.17. The van der Waals surface area contributed by atoms with Gasteiger partial charge in [-0.3, -0.25) is 14.2 Å². The van der Waals surface area contributed by atoms with E-state index in [1.807, 2.05) is 0 Å². The van der Waals surface area contributed by atoms with Crippen LogP contribution in [0.2, 0.25) is 0 Å². The largest absolute Gasteiger partial charge is 0.497 e. The minimum atomic E-state index is -0.982. The number of aliphatic hydroxyl groups is 2. The Bertz CT molecular complexity index is 1040. The number of nitrogens with zero attached hydrogens (tertiary/aromatic N) is 2. The third kappa shape index (κ3) is 4.10. The van der Waals surface area contributed by atoms with Crippen LogP contribution in [-0.2, 0) is 4.74 Å². The van der Waals surface area contributed by atoms with Crippen molar-refractivity contribution in [2.45, 2.75) is 24.9 Å². The van der Waals surface area contributed by atoms with Crippen molar-refractivity contribution < 1.29 is 24.5 Å².